The number of hydrogen-bond acceptors (Lipinski definition) is 5. The van der Waals surface area contributed by atoms with Crippen molar-refractivity contribution in [1.82, 2.24) is 19.8 Å². The molecular formula is C25H29N5O3. The normalized spacial score (nSPS) is 11.7. The lowest BCUT2D eigenvalue weighted by Gasteiger charge is -2.12. The molecule has 0 radical (unpaired) electrons. The highest BCUT2D eigenvalue weighted by atomic mass is 16.1. The van der Waals surface area contributed by atoms with Gasteiger partial charge in [0.05, 0.1) is 28.4 Å². The molecule has 0 fully saturated rings. The van der Waals surface area contributed by atoms with Crippen LogP contribution in [0.1, 0.15) is 78.8 Å². The number of pyridine rings is 1. The number of ketones is 1. The Labute approximate surface area is 191 Å². The Balaban J connectivity index is 0.000000189. The molecule has 3 heterocycles. The molecule has 0 spiro atoms. The molecule has 0 saturated heterocycles. The fourth-order valence-electron chi connectivity index (χ4n) is 3.73. The van der Waals surface area contributed by atoms with Crippen LogP contribution in [0.4, 0.5) is 0 Å². The van der Waals surface area contributed by atoms with E-state index in [1.807, 2.05) is 24.3 Å². The number of nitrogens with two attached hydrogens (primary N) is 1. The van der Waals surface area contributed by atoms with Crippen LogP contribution < -0.4 is 11.3 Å². The first-order valence-electron chi connectivity index (χ1n) is 11.1. The zero-order valence-electron chi connectivity index (χ0n) is 19.2. The summed E-state index contributed by atoms with van der Waals surface area (Å²) in [6.07, 6.45) is 7.79. The maximum Gasteiger partial charge on any atom is 0.272 e. The van der Waals surface area contributed by atoms with Gasteiger partial charge in [-0.25, -0.2) is 9.61 Å². The zero-order chi connectivity index (χ0) is 24.0. The summed E-state index contributed by atoms with van der Waals surface area (Å²) in [7, 11) is 0. The fourth-order valence-corrected chi connectivity index (χ4v) is 3.73. The van der Waals surface area contributed by atoms with E-state index in [0.29, 0.717) is 22.6 Å². The van der Waals surface area contributed by atoms with Crippen molar-refractivity contribution >= 4 is 28.0 Å². The zero-order valence-corrected chi connectivity index (χ0v) is 19.2. The standard InChI is InChI=1S/C15H20N2O.C10H9N3O2/c1-3-4-5-8-11(2)14-12-9-6-7-10-13(12)15(18)17-16-14;1-6(14)7-2-3-9-8(10(11)15)4-12-13(9)5-7/h6-7,9-11H,3-5,8H2,1-2H3,(H,17,18);2-5H,1H3,(H2,11,15)/t11-;/m0./s1. The van der Waals surface area contributed by atoms with Gasteiger partial charge in [-0.05, 0) is 31.5 Å². The van der Waals surface area contributed by atoms with Gasteiger partial charge in [-0.2, -0.15) is 10.2 Å². The molecule has 0 aliphatic carbocycles. The predicted octanol–water partition coefficient (Wildman–Crippen LogP) is 4.24. The molecule has 0 saturated carbocycles. The monoisotopic (exact) mass is 447 g/mol. The van der Waals surface area contributed by atoms with Gasteiger partial charge < -0.3 is 5.73 Å². The van der Waals surface area contributed by atoms with E-state index in [9.17, 15) is 14.4 Å². The van der Waals surface area contributed by atoms with E-state index in [2.05, 4.69) is 29.1 Å². The highest BCUT2D eigenvalue weighted by Gasteiger charge is 2.13. The first-order chi connectivity index (χ1) is 15.8. The second-order valence-electron chi connectivity index (χ2n) is 8.11. The third kappa shape index (κ3) is 5.52. The Morgan fingerprint density at radius 3 is 2.52 bits per heavy atom. The second kappa shape index (κ2) is 10.7. The summed E-state index contributed by atoms with van der Waals surface area (Å²) < 4.78 is 1.47. The number of hydrogen-bond donors (Lipinski definition) is 2. The van der Waals surface area contributed by atoms with Crippen LogP contribution in [0.2, 0.25) is 0 Å². The van der Waals surface area contributed by atoms with Crippen LogP contribution in [0.15, 0.2) is 53.6 Å². The number of benzene rings is 1. The van der Waals surface area contributed by atoms with E-state index in [1.165, 1.54) is 36.9 Å². The number of aromatic amines is 1. The quantitative estimate of drug-likeness (QED) is 0.324. The fraction of sp³-hybridized carbons (Fsp3) is 0.320. The van der Waals surface area contributed by atoms with Gasteiger partial charge in [0.25, 0.3) is 11.5 Å². The smallest absolute Gasteiger partial charge is 0.272 e. The number of Topliss-reactive ketones (excluding diaryl/α,β-unsaturated/α-hetero) is 1. The number of rotatable bonds is 7. The number of aromatic nitrogens is 4. The third-order valence-corrected chi connectivity index (χ3v) is 5.62. The highest BCUT2D eigenvalue weighted by Crippen LogP contribution is 2.25. The van der Waals surface area contributed by atoms with Gasteiger partial charge in [-0.1, -0.05) is 51.3 Å². The SMILES string of the molecule is CC(=O)c1ccc2c(C(N)=O)cnn2c1.CCCCC[C@H](C)c1n[nH]c(=O)c2ccccc12. The van der Waals surface area contributed by atoms with Gasteiger partial charge in [0.1, 0.15) is 0 Å². The summed E-state index contributed by atoms with van der Waals surface area (Å²) >= 11 is 0. The van der Waals surface area contributed by atoms with Gasteiger partial charge in [0, 0.05) is 23.1 Å². The van der Waals surface area contributed by atoms with E-state index in [1.54, 1.807) is 18.3 Å². The van der Waals surface area contributed by atoms with E-state index >= 15 is 0 Å². The molecule has 3 aromatic heterocycles. The van der Waals surface area contributed by atoms with Gasteiger partial charge >= 0.3 is 0 Å². The van der Waals surface area contributed by atoms with Crippen molar-refractivity contribution in [2.45, 2.75) is 52.4 Å². The number of carbonyl (C=O) groups is 2. The third-order valence-electron chi connectivity index (χ3n) is 5.62. The number of unbranched alkanes of at least 4 members (excludes halogenated alkanes) is 2. The van der Waals surface area contributed by atoms with Gasteiger partial charge in [0.15, 0.2) is 5.78 Å². The summed E-state index contributed by atoms with van der Waals surface area (Å²) in [5.41, 5.74) is 7.58. The number of carbonyl (C=O) groups excluding carboxylic acids is 2. The Morgan fingerprint density at radius 1 is 1.12 bits per heavy atom. The molecule has 1 aromatic carbocycles. The number of fused-ring (bicyclic) bond motifs is 2. The summed E-state index contributed by atoms with van der Waals surface area (Å²) in [6, 6.07) is 11.0. The van der Waals surface area contributed by atoms with Crippen molar-refractivity contribution in [2.75, 3.05) is 0 Å². The van der Waals surface area contributed by atoms with Crippen molar-refractivity contribution in [2.24, 2.45) is 5.73 Å². The van der Waals surface area contributed by atoms with E-state index in [0.717, 1.165) is 22.9 Å². The Morgan fingerprint density at radius 2 is 1.85 bits per heavy atom. The molecule has 4 aromatic rings. The lowest BCUT2D eigenvalue weighted by atomic mass is 9.96. The molecule has 1 atom stereocenters. The van der Waals surface area contributed by atoms with Gasteiger partial charge in [-0.15, -0.1) is 0 Å². The number of primary amides is 1. The molecule has 8 heteroatoms. The highest BCUT2D eigenvalue weighted by molar-refractivity contribution is 6.00. The summed E-state index contributed by atoms with van der Waals surface area (Å²) in [6.45, 7) is 5.86. The van der Waals surface area contributed by atoms with Crippen LogP contribution in [-0.2, 0) is 0 Å². The van der Waals surface area contributed by atoms with E-state index < -0.39 is 5.91 Å². The van der Waals surface area contributed by atoms with Gasteiger partial charge in [-0.3, -0.25) is 14.4 Å². The maximum atomic E-state index is 11.7. The van der Waals surface area contributed by atoms with Crippen molar-refractivity contribution in [1.29, 1.82) is 0 Å². The van der Waals surface area contributed by atoms with E-state index in [4.69, 9.17) is 5.73 Å². The molecule has 3 N–H and O–H groups in total. The van der Waals surface area contributed by atoms with Crippen molar-refractivity contribution in [3.8, 4) is 0 Å². The molecule has 0 unspecified atom stereocenters. The van der Waals surface area contributed by atoms with Crippen molar-refractivity contribution in [3.05, 3.63) is 76.0 Å². The minimum Gasteiger partial charge on any atom is -0.365 e. The number of amides is 1. The van der Waals surface area contributed by atoms with Crippen molar-refractivity contribution < 1.29 is 9.59 Å². The lowest BCUT2D eigenvalue weighted by Crippen LogP contribution is -2.12. The Bertz CT molecular complexity index is 1340. The molecule has 4 rings (SSSR count). The molecule has 0 aliphatic heterocycles. The lowest BCUT2D eigenvalue weighted by molar-refractivity contribution is 0.0998. The molecule has 1 amide bonds. The molecule has 172 valence electrons. The van der Waals surface area contributed by atoms with Crippen LogP contribution in [0.5, 0.6) is 0 Å². The number of H-pyrrole nitrogens is 1. The van der Waals surface area contributed by atoms with Crippen LogP contribution in [0.3, 0.4) is 0 Å². The topological polar surface area (TPSA) is 123 Å². The average molecular weight is 448 g/mol. The first kappa shape index (κ1) is 23.8. The van der Waals surface area contributed by atoms with Crippen LogP contribution in [-0.4, -0.2) is 31.5 Å². The predicted molar refractivity (Wildman–Crippen MR) is 129 cm³/mol. The number of nitrogens with one attached hydrogen (secondary N) is 1. The Kier molecular flexibility index (Phi) is 7.71. The second-order valence-corrected chi connectivity index (χ2v) is 8.11. The van der Waals surface area contributed by atoms with Crippen LogP contribution in [0.25, 0.3) is 16.3 Å². The summed E-state index contributed by atoms with van der Waals surface area (Å²) in [5, 5.41) is 12.5. The average Bonchev–Trinajstić information content (AvgIpc) is 3.24. The van der Waals surface area contributed by atoms with Gasteiger partial charge in [0.2, 0.25) is 0 Å². The van der Waals surface area contributed by atoms with Crippen LogP contribution >= 0.6 is 0 Å². The van der Waals surface area contributed by atoms with Crippen molar-refractivity contribution in [3.63, 3.8) is 0 Å². The maximum absolute atomic E-state index is 11.7. The molecule has 8 nitrogen and oxygen atoms in total. The summed E-state index contributed by atoms with van der Waals surface area (Å²) in [4.78, 5) is 33.8. The Hall–Kier alpha value is -3.81. The largest absolute Gasteiger partial charge is 0.365 e. The van der Waals surface area contributed by atoms with Crippen LogP contribution in [0, 0.1) is 0 Å². The molecule has 33 heavy (non-hydrogen) atoms. The first-order valence-corrected chi connectivity index (χ1v) is 11.1. The summed E-state index contributed by atoms with van der Waals surface area (Å²) in [5.74, 6) is -0.188. The molecular weight excluding hydrogens is 418 g/mol. The molecule has 0 bridgehead atoms. The van der Waals surface area contributed by atoms with E-state index in [-0.39, 0.29) is 11.3 Å². The minimum atomic E-state index is -0.527. The minimum absolute atomic E-state index is 0.0481. The molecule has 0 aliphatic rings. The number of nitrogens with zero attached hydrogens (tertiary/aromatic N) is 3.